The van der Waals surface area contributed by atoms with Gasteiger partial charge in [0.2, 0.25) is 0 Å². The van der Waals surface area contributed by atoms with Gasteiger partial charge in [0.1, 0.15) is 12.3 Å². The second-order valence-electron chi connectivity index (χ2n) is 8.42. The molecule has 7 heteroatoms. The Bertz CT molecular complexity index is 859. The molecule has 2 aliphatic heterocycles. The van der Waals surface area contributed by atoms with E-state index in [-0.39, 0.29) is 11.7 Å². The normalized spacial score (nSPS) is 18.2. The summed E-state index contributed by atoms with van der Waals surface area (Å²) in [5, 5.41) is 9.47. The molecule has 2 N–H and O–H groups in total. The van der Waals surface area contributed by atoms with Crippen LogP contribution in [0, 0.1) is 0 Å². The van der Waals surface area contributed by atoms with Crippen LogP contribution < -0.4 is 14.7 Å². The number of nitrogens with zero attached hydrogens (tertiary/aromatic N) is 3. The number of rotatable bonds is 6. The van der Waals surface area contributed by atoms with Crippen molar-refractivity contribution in [3.63, 3.8) is 0 Å². The number of likely N-dealkylation sites (N-methyl/N-ethyl adjacent to an activating group) is 1. The molecule has 4 rings (SSSR count). The first-order chi connectivity index (χ1) is 15.1. The smallest absolute Gasteiger partial charge is 0.277 e. The highest BCUT2D eigenvalue weighted by Gasteiger charge is 2.24. The number of hydrogen-bond acceptors (Lipinski definition) is 5. The highest BCUT2D eigenvalue weighted by Crippen LogP contribution is 2.21. The van der Waals surface area contributed by atoms with Gasteiger partial charge in [-0.25, -0.2) is 0 Å². The van der Waals surface area contributed by atoms with Gasteiger partial charge in [-0.3, -0.25) is 4.79 Å². The maximum Gasteiger partial charge on any atom is 0.277 e. The van der Waals surface area contributed by atoms with Crippen LogP contribution >= 0.6 is 0 Å². The van der Waals surface area contributed by atoms with E-state index in [1.165, 1.54) is 16.2 Å². The van der Waals surface area contributed by atoms with Crippen molar-refractivity contribution in [1.29, 1.82) is 0 Å². The minimum absolute atomic E-state index is 0.215. The van der Waals surface area contributed by atoms with E-state index in [9.17, 15) is 9.90 Å². The maximum absolute atomic E-state index is 12.9. The highest BCUT2D eigenvalue weighted by atomic mass is 16.5. The summed E-state index contributed by atoms with van der Waals surface area (Å²) in [4.78, 5) is 20.7. The van der Waals surface area contributed by atoms with Gasteiger partial charge in [0.25, 0.3) is 5.91 Å². The Kier molecular flexibility index (Phi) is 6.94. The number of benzene rings is 2. The van der Waals surface area contributed by atoms with Gasteiger partial charge in [-0.2, -0.15) is 0 Å². The van der Waals surface area contributed by atoms with E-state index in [4.69, 9.17) is 4.74 Å². The number of ether oxygens (including phenoxy) is 1. The van der Waals surface area contributed by atoms with Gasteiger partial charge in [0.15, 0.2) is 6.54 Å². The fourth-order valence-corrected chi connectivity index (χ4v) is 4.41. The number of phenols is 1. The summed E-state index contributed by atoms with van der Waals surface area (Å²) in [5.41, 5.74) is 3.64. The summed E-state index contributed by atoms with van der Waals surface area (Å²) in [7, 11) is 2.10. The minimum atomic E-state index is 0.215. The molecule has 2 aromatic carbocycles. The van der Waals surface area contributed by atoms with Crippen LogP contribution in [-0.4, -0.2) is 82.0 Å². The number of quaternary nitrogens is 1. The molecule has 1 atom stereocenters. The van der Waals surface area contributed by atoms with Crippen molar-refractivity contribution in [2.24, 2.45) is 0 Å². The van der Waals surface area contributed by atoms with Crippen molar-refractivity contribution in [2.45, 2.75) is 6.54 Å². The lowest BCUT2D eigenvalue weighted by molar-refractivity contribution is -0.885. The monoisotopic (exact) mass is 425 g/mol. The van der Waals surface area contributed by atoms with Crippen LogP contribution in [0.2, 0.25) is 0 Å². The molecular weight excluding hydrogens is 392 g/mol. The van der Waals surface area contributed by atoms with E-state index in [0.29, 0.717) is 6.54 Å². The number of carbonyl (C=O) groups is 1. The lowest BCUT2D eigenvalue weighted by Gasteiger charge is -2.36. The van der Waals surface area contributed by atoms with Crippen molar-refractivity contribution >= 4 is 17.3 Å². The zero-order valence-corrected chi connectivity index (χ0v) is 18.3. The Morgan fingerprint density at radius 1 is 0.935 bits per heavy atom. The number of carbonyl (C=O) groups excluding carboxylic acids is 1. The second kappa shape index (κ2) is 10.0. The quantitative estimate of drug-likeness (QED) is 0.710. The predicted molar refractivity (Wildman–Crippen MR) is 122 cm³/mol. The van der Waals surface area contributed by atoms with Gasteiger partial charge in [0, 0.05) is 56.2 Å². The van der Waals surface area contributed by atoms with Gasteiger partial charge in [-0.05, 0) is 30.3 Å². The first-order valence-corrected chi connectivity index (χ1v) is 11.1. The Balaban J connectivity index is 1.29. The molecule has 166 valence electrons. The average Bonchev–Trinajstić information content (AvgIpc) is 2.80. The largest absolute Gasteiger partial charge is 0.508 e. The van der Waals surface area contributed by atoms with E-state index in [1.54, 1.807) is 12.1 Å². The van der Waals surface area contributed by atoms with Crippen LogP contribution in [0.25, 0.3) is 0 Å². The van der Waals surface area contributed by atoms with E-state index >= 15 is 0 Å². The zero-order chi connectivity index (χ0) is 21.6. The molecular formula is C24H33N4O3+. The topological polar surface area (TPSA) is 60.7 Å². The number of nitrogens with one attached hydrogen (secondary N) is 1. The number of para-hydroxylation sites is 1. The number of hydrogen-bond donors (Lipinski definition) is 2. The molecule has 0 bridgehead atoms. The fourth-order valence-electron chi connectivity index (χ4n) is 4.41. The van der Waals surface area contributed by atoms with Gasteiger partial charge in [-0.1, -0.05) is 18.2 Å². The van der Waals surface area contributed by atoms with Crippen LogP contribution in [-0.2, 0) is 16.1 Å². The van der Waals surface area contributed by atoms with E-state index in [1.807, 2.05) is 17.0 Å². The molecule has 2 aromatic rings. The summed E-state index contributed by atoms with van der Waals surface area (Å²) in [6.45, 7) is 7.79. The van der Waals surface area contributed by atoms with Crippen LogP contribution in [0.4, 0.5) is 11.4 Å². The molecule has 7 nitrogen and oxygen atoms in total. The molecule has 0 aromatic heterocycles. The Hall–Kier alpha value is -2.77. The number of amides is 1. The third-order valence-corrected chi connectivity index (χ3v) is 6.14. The summed E-state index contributed by atoms with van der Waals surface area (Å²) in [6.07, 6.45) is 0. The standard InChI is InChI=1S/C24H32N4O3/c1-25(18-20-4-2-3-5-23(20)27-14-16-31-17-15-27)19-24(30)28-12-10-26(11-13-28)21-6-8-22(29)9-7-21/h2-9,29H,10-19H2,1H3/p+1. The van der Waals surface area contributed by atoms with Crippen molar-refractivity contribution in [1.82, 2.24) is 4.90 Å². The Morgan fingerprint density at radius 2 is 1.61 bits per heavy atom. The molecule has 1 unspecified atom stereocenters. The number of phenolic OH excluding ortho intramolecular Hbond substituents is 1. The lowest BCUT2D eigenvalue weighted by atomic mass is 10.1. The Morgan fingerprint density at radius 3 is 2.32 bits per heavy atom. The molecule has 0 saturated carbocycles. The van der Waals surface area contributed by atoms with E-state index < -0.39 is 0 Å². The second-order valence-corrected chi connectivity index (χ2v) is 8.42. The van der Waals surface area contributed by atoms with Crippen molar-refractivity contribution in [3.05, 3.63) is 54.1 Å². The van der Waals surface area contributed by atoms with Gasteiger partial charge in [-0.15, -0.1) is 0 Å². The Labute approximate surface area is 184 Å². The fraction of sp³-hybridized carbons (Fsp3) is 0.458. The number of piperazine rings is 1. The van der Waals surface area contributed by atoms with Crippen LogP contribution in [0.1, 0.15) is 5.56 Å². The van der Waals surface area contributed by atoms with Crippen LogP contribution in [0.5, 0.6) is 5.75 Å². The molecule has 2 saturated heterocycles. The third kappa shape index (κ3) is 5.48. The van der Waals surface area contributed by atoms with Crippen LogP contribution in [0.3, 0.4) is 0 Å². The molecule has 0 radical (unpaired) electrons. The number of morpholine rings is 1. The first kappa shape index (κ1) is 21.5. The van der Waals surface area contributed by atoms with Crippen molar-refractivity contribution < 1.29 is 19.5 Å². The molecule has 2 heterocycles. The maximum atomic E-state index is 12.9. The summed E-state index contributed by atoms with van der Waals surface area (Å²) in [6, 6.07) is 15.8. The third-order valence-electron chi connectivity index (χ3n) is 6.14. The lowest BCUT2D eigenvalue weighted by Crippen LogP contribution is -3.09. The molecule has 0 aliphatic carbocycles. The van der Waals surface area contributed by atoms with Gasteiger partial charge >= 0.3 is 0 Å². The SMILES string of the molecule is C[NH+](CC(=O)N1CCN(c2ccc(O)cc2)CC1)Cc1ccccc1N1CCOCC1. The summed E-state index contributed by atoms with van der Waals surface area (Å²) in [5.74, 6) is 0.491. The molecule has 0 spiro atoms. The summed E-state index contributed by atoms with van der Waals surface area (Å²) < 4.78 is 5.49. The molecule has 31 heavy (non-hydrogen) atoms. The van der Waals surface area contributed by atoms with Crippen molar-refractivity contribution in [2.75, 3.05) is 75.9 Å². The molecule has 2 fully saturated rings. The molecule has 1 amide bonds. The van der Waals surface area contributed by atoms with Gasteiger partial charge in [0.05, 0.1) is 20.3 Å². The zero-order valence-electron chi connectivity index (χ0n) is 18.3. The number of anilines is 2. The summed E-state index contributed by atoms with van der Waals surface area (Å²) >= 11 is 0. The number of aromatic hydroxyl groups is 1. The highest BCUT2D eigenvalue weighted by molar-refractivity contribution is 5.77. The van der Waals surface area contributed by atoms with Gasteiger partial charge < -0.3 is 29.4 Å². The molecule has 2 aliphatic rings. The van der Waals surface area contributed by atoms with E-state index in [0.717, 1.165) is 64.7 Å². The predicted octanol–water partition coefficient (Wildman–Crippen LogP) is 0.592. The first-order valence-electron chi connectivity index (χ1n) is 11.1. The van der Waals surface area contributed by atoms with Crippen molar-refractivity contribution in [3.8, 4) is 5.75 Å². The minimum Gasteiger partial charge on any atom is -0.508 e. The van der Waals surface area contributed by atoms with Crippen LogP contribution in [0.15, 0.2) is 48.5 Å². The van der Waals surface area contributed by atoms with E-state index in [2.05, 4.69) is 41.1 Å². The average molecular weight is 426 g/mol.